The van der Waals surface area contributed by atoms with Crippen molar-refractivity contribution in [3.63, 3.8) is 0 Å². The third-order valence-corrected chi connectivity index (χ3v) is 5.66. The van der Waals surface area contributed by atoms with Gasteiger partial charge in [0.25, 0.3) is 11.6 Å². The Morgan fingerprint density at radius 1 is 1.06 bits per heavy atom. The van der Waals surface area contributed by atoms with Crippen LogP contribution >= 0.6 is 0 Å². The van der Waals surface area contributed by atoms with Crippen LogP contribution < -0.4 is 10.6 Å². The highest BCUT2D eigenvalue weighted by molar-refractivity contribution is 6.06. The summed E-state index contributed by atoms with van der Waals surface area (Å²) in [6.45, 7) is 1.72. The van der Waals surface area contributed by atoms with Crippen LogP contribution in [0.4, 0.5) is 21.7 Å². The van der Waals surface area contributed by atoms with Gasteiger partial charge in [0.05, 0.1) is 10.5 Å². The minimum absolute atomic E-state index is 0.0579. The van der Waals surface area contributed by atoms with E-state index in [-0.39, 0.29) is 22.6 Å². The van der Waals surface area contributed by atoms with Crippen molar-refractivity contribution in [1.82, 2.24) is 14.8 Å². The number of amides is 1. The van der Waals surface area contributed by atoms with Gasteiger partial charge < -0.3 is 10.6 Å². The number of rotatable bonds is 5. The topological polar surface area (TPSA) is 115 Å². The van der Waals surface area contributed by atoms with E-state index >= 15 is 4.39 Å². The van der Waals surface area contributed by atoms with Crippen molar-refractivity contribution >= 4 is 23.2 Å². The number of hydrogen-bond donors (Lipinski definition) is 2. The molecule has 1 atom stereocenters. The van der Waals surface area contributed by atoms with Crippen LogP contribution in [0.25, 0.3) is 11.4 Å². The molecule has 0 spiro atoms. The molecule has 0 saturated heterocycles. The first-order valence-corrected chi connectivity index (χ1v) is 10.7. The number of halogens is 1. The average molecular weight is 470 g/mol. The summed E-state index contributed by atoms with van der Waals surface area (Å²) in [5.41, 5.74) is 2.12. The molecule has 0 fully saturated rings. The molecule has 1 aliphatic heterocycles. The number of non-ortho nitro benzene ring substituents is 1. The van der Waals surface area contributed by atoms with Crippen molar-refractivity contribution in [2.75, 3.05) is 10.6 Å². The predicted molar refractivity (Wildman–Crippen MR) is 128 cm³/mol. The van der Waals surface area contributed by atoms with Gasteiger partial charge in [-0.1, -0.05) is 36.4 Å². The Morgan fingerprint density at radius 3 is 2.43 bits per heavy atom. The number of allylic oxidation sites excluding steroid dienone is 1. The number of benzene rings is 3. The molecular formula is C25H19FN6O3. The molecule has 174 valence electrons. The third kappa shape index (κ3) is 4.12. The van der Waals surface area contributed by atoms with Crippen LogP contribution in [-0.4, -0.2) is 25.6 Å². The lowest BCUT2D eigenvalue weighted by Crippen LogP contribution is -2.32. The van der Waals surface area contributed by atoms with E-state index in [9.17, 15) is 14.9 Å². The highest BCUT2D eigenvalue weighted by atomic mass is 19.1. The molecule has 35 heavy (non-hydrogen) atoms. The molecule has 1 unspecified atom stereocenters. The number of para-hydroxylation sites is 1. The number of nitro groups is 1. The summed E-state index contributed by atoms with van der Waals surface area (Å²) in [5, 5.41) is 21.5. The first-order valence-electron chi connectivity index (χ1n) is 10.7. The van der Waals surface area contributed by atoms with Crippen LogP contribution in [0, 0.1) is 15.9 Å². The fourth-order valence-corrected chi connectivity index (χ4v) is 4.00. The Labute approximate surface area is 199 Å². The molecule has 10 heteroatoms. The van der Waals surface area contributed by atoms with E-state index in [0.29, 0.717) is 22.9 Å². The summed E-state index contributed by atoms with van der Waals surface area (Å²) in [7, 11) is 0. The van der Waals surface area contributed by atoms with Gasteiger partial charge in [-0.3, -0.25) is 14.9 Å². The summed E-state index contributed by atoms with van der Waals surface area (Å²) < 4.78 is 16.5. The Kier molecular flexibility index (Phi) is 5.54. The van der Waals surface area contributed by atoms with Crippen LogP contribution in [-0.2, 0) is 4.79 Å². The SMILES string of the molecule is CC1=C(C(=O)Nc2ccccc2)C(c2ccccc2F)n2nc(-c3ccc([N+](=O)[O-])cc3)nc2N1. The van der Waals surface area contributed by atoms with Crippen molar-refractivity contribution in [3.05, 3.63) is 112 Å². The summed E-state index contributed by atoms with van der Waals surface area (Å²) in [6, 6.07) is 20.1. The molecule has 5 rings (SSSR count). The maximum atomic E-state index is 15.0. The van der Waals surface area contributed by atoms with Crippen molar-refractivity contribution in [2.45, 2.75) is 13.0 Å². The molecule has 1 aromatic heterocycles. The summed E-state index contributed by atoms with van der Waals surface area (Å²) in [5.74, 6) is -0.301. The van der Waals surface area contributed by atoms with E-state index in [0.717, 1.165) is 0 Å². The molecule has 1 aliphatic rings. The summed E-state index contributed by atoms with van der Waals surface area (Å²) >= 11 is 0. The van der Waals surface area contributed by atoms with Gasteiger partial charge in [-0.15, -0.1) is 5.10 Å². The highest BCUT2D eigenvalue weighted by Crippen LogP contribution is 2.37. The molecule has 0 bridgehead atoms. The van der Waals surface area contributed by atoms with Gasteiger partial charge in [0.1, 0.15) is 11.9 Å². The second-order valence-electron chi connectivity index (χ2n) is 7.92. The summed E-state index contributed by atoms with van der Waals surface area (Å²) in [4.78, 5) is 28.4. The van der Waals surface area contributed by atoms with Gasteiger partial charge in [0.2, 0.25) is 5.95 Å². The van der Waals surface area contributed by atoms with E-state index < -0.39 is 22.7 Å². The monoisotopic (exact) mass is 470 g/mol. The van der Waals surface area contributed by atoms with Gasteiger partial charge in [0, 0.05) is 34.6 Å². The van der Waals surface area contributed by atoms with E-state index in [4.69, 9.17) is 0 Å². The van der Waals surface area contributed by atoms with Crippen molar-refractivity contribution < 1.29 is 14.1 Å². The maximum Gasteiger partial charge on any atom is 0.269 e. The first-order chi connectivity index (χ1) is 16.9. The van der Waals surface area contributed by atoms with Crippen molar-refractivity contribution in [2.24, 2.45) is 0 Å². The minimum atomic E-state index is -0.893. The zero-order valence-electron chi connectivity index (χ0n) is 18.5. The fourth-order valence-electron chi connectivity index (χ4n) is 4.00. The fraction of sp³-hybridized carbons (Fsp3) is 0.0800. The number of carbonyl (C=O) groups excluding carboxylic acids is 1. The maximum absolute atomic E-state index is 15.0. The van der Waals surface area contributed by atoms with E-state index in [2.05, 4.69) is 20.7 Å². The lowest BCUT2D eigenvalue weighted by Gasteiger charge is -2.28. The Hall–Kier alpha value is -4.86. The van der Waals surface area contributed by atoms with Crippen LogP contribution in [0.3, 0.4) is 0 Å². The molecule has 0 aliphatic carbocycles. The molecule has 4 aromatic rings. The number of nitro benzene ring substituents is 1. The molecule has 9 nitrogen and oxygen atoms in total. The molecule has 0 radical (unpaired) electrons. The molecule has 2 N–H and O–H groups in total. The van der Waals surface area contributed by atoms with E-state index in [1.54, 1.807) is 61.5 Å². The Bertz CT molecular complexity index is 1460. The highest BCUT2D eigenvalue weighted by Gasteiger charge is 2.36. The lowest BCUT2D eigenvalue weighted by molar-refractivity contribution is -0.384. The molecule has 0 saturated carbocycles. The van der Waals surface area contributed by atoms with E-state index in [1.807, 2.05) is 6.07 Å². The van der Waals surface area contributed by atoms with Crippen molar-refractivity contribution in [3.8, 4) is 11.4 Å². The van der Waals surface area contributed by atoms with Gasteiger partial charge >= 0.3 is 0 Å². The number of nitrogens with one attached hydrogen (secondary N) is 2. The number of anilines is 2. The quantitative estimate of drug-likeness (QED) is 0.316. The summed E-state index contributed by atoms with van der Waals surface area (Å²) in [6.07, 6.45) is 0. The van der Waals surface area contributed by atoms with Crippen molar-refractivity contribution in [1.29, 1.82) is 0 Å². The zero-order chi connectivity index (χ0) is 24.5. The second-order valence-corrected chi connectivity index (χ2v) is 7.92. The van der Waals surface area contributed by atoms with Crippen LogP contribution in [0.1, 0.15) is 18.5 Å². The van der Waals surface area contributed by atoms with Gasteiger partial charge in [-0.2, -0.15) is 4.98 Å². The van der Waals surface area contributed by atoms with Gasteiger partial charge in [0.15, 0.2) is 5.82 Å². The second kappa shape index (κ2) is 8.82. The zero-order valence-corrected chi connectivity index (χ0v) is 18.5. The molecule has 1 amide bonds. The number of aromatic nitrogens is 3. The van der Waals surface area contributed by atoms with Crippen LogP contribution in [0.5, 0.6) is 0 Å². The largest absolute Gasteiger partial charge is 0.328 e. The Morgan fingerprint density at radius 2 is 1.74 bits per heavy atom. The third-order valence-electron chi connectivity index (χ3n) is 5.66. The normalized spacial score (nSPS) is 14.7. The standard InChI is InChI=1S/C25H19FN6O3/c1-15-21(24(33)28-17-7-3-2-4-8-17)22(19-9-5-6-10-20(19)26)31-25(27-15)29-23(30-31)16-11-13-18(14-12-16)32(34)35/h2-14,22H,1H3,(H,28,33)(H,27,29,30). The lowest BCUT2D eigenvalue weighted by atomic mass is 9.94. The molecule has 3 aromatic carbocycles. The number of nitrogens with zero attached hydrogens (tertiary/aromatic N) is 4. The first kappa shape index (κ1) is 22.0. The smallest absolute Gasteiger partial charge is 0.269 e. The number of hydrogen-bond acceptors (Lipinski definition) is 6. The van der Waals surface area contributed by atoms with Crippen LogP contribution in [0.2, 0.25) is 0 Å². The van der Waals surface area contributed by atoms with E-state index in [1.165, 1.54) is 22.9 Å². The van der Waals surface area contributed by atoms with Gasteiger partial charge in [-0.25, -0.2) is 9.07 Å². The molecular weight excluding hydrogens is 451 g/mol. The number of carbonyl (C=O) groups is 1. The number of fused-ring (bicyclic) bond motifs is 1. The molecule has 2 heterocycles. The van der Waals surface area contributed by atoms with Crippen LogP contribution in [0.15, 0.2) is 90.1 Å². The van der Waals surface area contributed by atoms with Gasteiger partial charge in [-0.05, 0) is 37.3 Å². The Balaban J connectivity index is 1.60. The minimum Gasteiger partial charge on any atom is -0.328 e. The predicted octanol–water partition coefficient (Wildman–Crippen LogP) is 4.92. The average Bonchev–Trinajstić information content (AvgIpc) is 3.28.